The van der Waals surface area contributed by atoms with Crippen LogP contribution in [0.1, 0.15) is 13.3 Å². The van der Waals surface area contributed by atoms with Gasteiger partial charge in [-0.05, 0) is 18.7 Å². The number of rotatable bonds is 1. The lowest BCUT2D eigenvalue weighted by Crippen LogP contribution is -2.25. The van der Waals surface area contributed by atoms with Crippen LogP contribution >= 0.6 is 11.8 Å². The highest BCUT2D eigenvalue weighted by Gasteiger charge is 2.13. The molecule has 1 fully saturated rings. The Balaban J connectivity index is 2.30. The fourth-order valence-corrected chi connectivity index (χ4v) is 2.58. The molecule has 1 unspecified atom stereocenters. The van der Waals surface area contributed by atoms with Crippen molar-refractivity contribution in [1.29, 1.82) is 0 Å². The Morgan fingerprint density at radius 2 is 2.40 bits per heavy atom. The molecule has 0 radical (unpaired) electrons. The Hall–Kier alpha value is 0.310. The van der Waals surface area contributed by atoms with E-state index < -0.39 is 0 Å². The molecular weight excluding hydrogens is 142 g/mol. The fraction of sp³-hybridized carbons (Fsp3) is 1.00. The van der Waals surface area contributed by atoms with Gasteiger partial charge in [0.25, 0.3) is 0 Å². The molecule has 0 aliphatic carbocycles. The Morgan fingerprint density at radius 3 is 3.10 bits per heavy atom. The lowest BCUT2D eigenvalue weighted by molar-refractivity contribution is 0.306. The Morgan fingerprint density at radius 1 is 1.60 bits per heavy atom. The molecule has 0 aromatic heterocycles. The van der Waals surface area contributed by atoms with E-state index >= 15 is 0 Å². The summed E-state index contributed by atoms with van der Waals surface area (Å²) < 4.78 is 0. The highest BCUT2D eigenvalue weighted by molar-refractivity contribution is 7.99. The highest BCUT2D eigenvalue weighted by Crippen LogP contribution is 2.16. The van der Waals surface area contributed by atoms with Crippen LogP contribution in [0.25, 0.3) is 0 Å². The fourth-order valence-electron chi connectivity index (χ4n) is 1.30. The van der Waals surface area contributed by atoms with Gasteiger partial charge in [0, 0.05) is 18.8 Å². The van der Waals surface area contributed by atoms with E-state index in [2.05, 4.69) is 30.6 Å². The lowest BCUT2D eigenvalue weighted by atomic mass is 10.1. The molecule has 0 bridgehead atoms. The topological polar surface area (TPSA) is 3.24 Å². The monoisotopic (exact) mass is 159 g/mol. The van der Waals surface area contributed by atoms with Crippen LogP contribution in [0.15, 0.2) is 0 Å². The van der Waals surface area contributed by atoms with Gasteiger partial charge in [0.15, 0.2) is 0 Å². The van der Waals surface area contributed by atoms with Gasteiger partial charge >= 0.3 is 0 Å². The average Bonchev–Trinajstić information content (AvgIpc) is 2.13. The van der Waals surface area contributed by atoms with Crippen molar-refractivity contribution in [1.82, 2.24) is 4.90 Å². The van der Waals surface area contributed by atoms with E-state index in [9.17, 15) is 0 Å². The number of thioether (sulfide) groups is 1. The zero-order chi connectivity index (χ0) is 7.40. The number of hydrogen-bond acceptors (Lipinski definition) is 2. The second kappa shape index (κ2) is 4.24. The molecule has 1 rings (SSSR count). The van der Waals surface area contributed by atoms with Crippen molar-refractivity contribution >= 4 is 11.8 Å². The molecule has 0 amide bonds. The minimum Gasteiger partial charge on any atom is -0.305 e. The summed E-state index contributed by atoms with van der Waals surface area (Å²) in [4.78, 5) is 2.45. The molecular formula is C8H17NS. The SMILES string of the molecule is CCC1CSCCN(C)C1. The van der Waals surface area contributed by atoms with Gasteiger partial charge in [-0.3, -0.25) is 0 Å². The molecule has 10 heavy (non-hydrogen) atoms. The maximum atomic E-state index is 2.45. The van der Waals surface area contributed by atoms with Gasteiger partial charge in [-0.1, -0.05) is 13.3 Å². The third-order valence-electron chi connectivity index (χ3n) is 2.12. The summed E-state index contributed by atoms with van der Waals surface area (Å²) in [6, 6.07) is 0. The molecule has 1 atom stereocenters. The van der Waals surface area contributed by atoms with Gasteiger partial charge in [0.1, 0.15) is 0 Å². The normalized spacial score (nSPS) is 30.0. The zero-order valence-electron chi connectivity index (χ0n) is 6.97. The quantitative estimate of drug-likeness (QED) is 0.573. The van der Waals surface area contributed by atoms with Crippen molar-refractivity contribution in [3.05, 3.63) is 0 Å². The molecule has 1 saturated heterocycles. The first-order valence-electron chi connectivity index (χ1n) is 4.09. The number of nitrogens with zero attached hydrogens (tertiary/aromatic N) is 1. The summed E-state index contributed by atoms with van der Waals surface area (Å²) >= 11 is 2.11. The van der Waals surface area contributed by atoms with Gasteiger partial charge in [-0.25, -0.2) is 0 Å². The Kier molecular flexibility index (Phi) is 3.57. The third-order valence-corrected chi connectivity index (χ3v) is 3.30. The van der Waals surface area contributed by atoms with Gasteiger partial charge in [0.2, 0.25) is 0 Å². The van der Waals surface area contributed by atoms with Crippen LogP contribution in [0.5, 0.6) is 0 Å². The first-order valence-corrected chi connectivity index (χ1v) is 5.24. The van der Waals surface area contributed by atoms with Gasteiger partial charge < -0.3 is 4.90 Å². The predicted octanol–water partition coefficient (Wildman–Crippen LogP) is 1.69. The van der Waals surface area contributed by atoms with Crippen molar-refractivity contribution in [3.8, 4) is 0 Å². The molecule has 1 aliphatic heterocycles. The van der Waals surface area contributed by atoms with Crippen molar-refractivity contribution in [2.75, 3.05) is 31.6 Å². The standard InChI is InChI=1S/C8H17NS/c1-3-8-6-9(2)4-5-10-7-8/h8H,3-7H2,1-2H3. The molecule has 0 N–H and O–H groups in total. The van der Waals surface area contributed by atoms with Crippen molar-refractivity contribution in [2.24, 2.45) is 5.92 Å². The van der Waals surface area contributed by atoms with E-state index in [0.29, 0.717) is 0 Å². The molecule has 2 heteroatoms. The Bertz CT molecular complexity index is 95.3. The van der Waals surface area contributed by atoms with Crippen molar-refractivity contribution in [2.45, 2.75) is 13.3 Å². The van der Waals surface area contributed by atoms with Crippen LogP contribution in [-0.4, -0.2) is 36.5 Å². The second-order valence-electron chi connectivity index (χ2n) is 3.11. The first-order chi connectivity index (χ1) is 4.83. The molecule has 0 saturated carbocycles. The maximum absolute atomic E-state index is 2.45. The summed E-state index contributed by atoms with van der Waals surface area (Å²) in [6.07, 6.45) is 1.34. The van der Waals surface area contributed by atoms with Gasteiger partial charge in [0.05, 0.1) is 0 Å². The molecule has 60 valence electrons. The van der Waals surface area contributed by atoms with Gasteiger partial charge in [-0.15, -0.1) is 0 Å². The smallest absolute Gasteiger partial charge is 0.00694 e. The lowest BCUT2D eigenvalue weighted by Gasteiger charge is -2.17. The van der Waals surface area contributed by atoms with Gasteiger partial charge in [-0.2, -0.15) is 11.8 Å². The minimum absolute atomic E-state index is 0.942. The summed E-state index contributed by atoms with van der Waals surface area (Å²) in [5, 5.41) is 0. The summed E-state index contributed by atoms with van der Waals surface area (Å²) in [7, 11) is 2.23. The van der Waals surface area contributed by atoms with E-state index in [1.807, 2.05) is 0 Å². The molecule has 0 spiro atoms. The van der Waals surface area contributed by atoms with E-state index in [4.69, 9.17) is 0 Å². The van der Waals surface area contributed by atoms with Crippen molar-refractivity contribution in [3.63, 3.8) is 0 Å². The van der Waals surface area contributed by atoms with Crippen LogP contribution in [0, 0.1) is 5.92 Å². The minimum atomic E-state index is 0.942. The molecule has 0 aromatic carbocycles. The van der Waals surface area contributed by atoms with Crippen LogP contribution in [-0.2, 0) is 0 Å². The van der Waals surface area contributed by atoms with E-state index in [0.717, 1.165) is 5.92 Å². The molecule has 0 aromatic rings. The van der Waals surface area contributed by atoms with E-state index in [-0.39, 0.29) is 0 Å². The van der Waals surface area contributed by atoms with Crippen LogP contribution in [0.2, 0.25) is 0 Å². The van der Waals surface area contributed by atoms with Crippen LogP contribution < -0.4 is 0 Å². The largest absolute Gasteiger partial charge is 0.305 e. The molecule has 1 nitrogen and oxygen atoms in total. The number of hydrogen-bond donors (Lipinski definition) is 0. The second-order valence-corrected chi connectivity index (χ2v) is 4.26. The first kappa shape index (κ1) is 8.41. The third kappa shape index (κ3) is 2.51. The van der Waals surface area contributed by atoms with Crippen molar-refractivity contribution < 1.29 is 0 Å². The Labute approximate surface area is 68.2 Å². The molecule has 1 aliphatic rings. The predicted molar refractivity (Wildman–Crippen MR) is 48.6 cm³/mol. The van der Waals surface area contributed by atoms with E-state index in [1.165, 1.54) is 31.0 Å². The summed E-state index contributed by atoms with van der Waals surface area (Å²) in [5.41, 5.74) is 0. The summed E-state index contributed by atoms with van der Waals surface area (Å²) in [5.74, 6) is 3.64. The average molecular weight is 159 g/mol. The zero-order valence-corrected chi connectivity index (χ0v) is 7.78. The summed E-state index contributed by atoms with van der Waals surface area (Å²) in [6.45, 7) is 4.88. The maximum Gasteiger partial charge on any atom is 0.00694 e. The van der Waals surface area contributed by atoms with Crippen LogP contribution in [0.4, 0.5) is 0 Å². The van der Waals surface area contributed by atoms with E-state index in [1.54, 1.807) is 0 Å². The molecule has 1 heterocycles. The van der Waals surface area contributed by atoms with Crippen LogP contribution in [0.3, 0.4) is 0 Å². The highest BCUT2D eigenvalue weighted by atomic mass is 32.2.